The first-order valence-corrected chi connectivity index (χ1v) is 6.21. The number of nitrogens with zero attached hydrogens (tertiary/aromatic N) is 1. The minimum absolute atomic E-state index is 1.02. The van der Waals surface area contributed by atoms with Crippen molar-refractivity contribution in [3.63, 3.8) is 0 Å². The van der Waals surface area contributed by atoms with Crippen LogP contribution in [-0.2, 0) is 7.05 Å². The Morgan fingerprint density at radius 3 is 2.29 bits per heavy atom. The number of benzene rings is 2. The first-order valence-electron chi connectivity index (χ1n) is 5.76. The molecule has 1 nitrogen and oxygen atoms in total. The predicted octanol–water partition coefficient (Wildman–Crippen LogP) is 4.24. The van der Waals surface area contributed by atoms with Gasteiger partial charge in [0.05, 0.1) is 0 Å². The maximum absolute atomic E-state index is 4.43. The van der Waals surface area contributed by atoms with E-state index in [4.69, 9.17) is 0 Å². The van der Waals surface area contributed by atoms with Crippen molar-refractivity contribution in [2.75, 3.05) is 0 Å². The first-order chi connectivity index (χ1) is 8.08. The summed E-state index contributed by atoms with van der Waals surface area (Å²) < 4.78 is 2.25. The van der Waals surface area contributed by atoms with Crippen LogP contribution < -0.4 is 0 Å². The number of hydrogen-bond acceptors (Lipinski definition) is 1. The fourth-order valence-electron chi connectivity index (χ4n) is 2.46. The van der Waals surface area contributed by atoms with E-state index in [1.54, 1.807) is 0 Å². The fourth-order valence-corrected chi connectivity index (χ4v) is 2.66. The predicted molar refractivity (Wildman–Crippen MR) is 77.2 cm³/mol. The van der Waals surface area contributed by atoms with Crippen molar-refractivity contribution >= 4 is 34.4 Å². The second-order valence-corrected chi connectivity index (χ2v) is 5.23. The maximum Gasteiger partial charge on any atom is 0.0491 e. The van der Waals surface area contributed by atoms with Gasteiger partial charge in [-0.1, -0.05) is 0 Å². The van der Waals surface area contributed by atoms with Crippen LogP contribution in [0.1, 0.15) is 11.1 Å². The van der Waals surface area contributed by atoms with E-state index in [2.05, 4.69) is 62.4 Å². The van der Waals surface area contributed by atoms with Crippen LogP contribution >= 0.6 is 12.6 Å². The van der Waals surface area contributed by atoms with Gasteiger partial charge in [0.1, 0.15) is 0 Å². The van der Waals surface area contributed by atoms with Gasteiger partial charge in [0.2, 0.25) is 0 Å². The Hall–Kier alpha value is -1.41. The SMILES string of the molecule is Cc1cc2c3cc(S)ccc3n(C)c2cc1C. The average molecular weight is 241 g/mol. The van der Waals surface area contributed by atoms with E-state index < -0.39 is 0 Å². The van der Waals surface area contributed by atoms with E-state index in [0.29, 0.717) is 0 Å². The standard InChI is InChI=1S/C15H15NS/c1-9-6-12-13-8-11(17)4-5-14(13)16(3)15(12)7-10(9)2/h4-8,17H,1-3H3. The molecule has 0 radical (unpaired) electrons. The topological polar surface area (TPSA) is 4.93 Å². The van der Waals surface area contributed by atoms with Crippen LogP contribution in [0.25, 0.3) is 21.8 Å². The molecule has 0 bridgehead atoms. The smallest absolute Gasteiger partial charge is 0.0491 e. The summed E-state index contributed by atoms with van der Waals surface area (Å²) in [6.07, 6.45) is 0. The van der Waals surface area contributed by atoms with Crippen molar-refractivity contribution in [2.45, 2.75) is 18.7 Å². The van der Waals surface area contributed by atoms with Gasteiger partial charge in [-0.05, 0) is 55.3 Å². The van der Waals surface area contributed by atoms with Crippen molar-refractivity contribution in [3.05, 3.63) is 41.5 Å². The van der Waals surface area contributed by atoms with Gasteiger partial charge in [-0.15, -0.1) is 12.6 Å². The molecule has 0 aliphatic heterocycles. The Morgan fingerprint density at radius 2 is 1.53 bits per heavy atom. The lowest BCUT2D eigenvalue weighted by molar-refractivity contribution is 1.01. The second-order valence-electron chi connectivity index (χ2n) is 4.71. The Kier molecular flexibility index (Phi) is 2.23. The molecule has 2 aromatic carbocycles. The van der Waals surface area contributed by atoms with Crippen LogP contribution in [0.4, 0.5) is 0 Å². The van der Waals surface area contributed by atoms with Crippen LogP contribution in [0, 0.1) is 13.8 Å². The van der Waals surface area contributed by atoms with Gasteiger partial charge in [-0.2, -0.15) is 0 Å². The molecule has 0 atom stereocenters. The molecular formula is C15H15NS. The van der Waals surface area contributed by atoms with Gasteiger partial charge >= 0.3 is 0 Å². The molecule has 0 saturated heterocycles. The third kappa shape index (κ3) is 1.48. The Balaban J connectivity index is 2.59. The molecule has 0 unspecified atom stereocenters. The van der Waals surface area contributed by atoms with Crippen molar-refractivity contribution in [1.82, 2.24) is 4.57 Å². The summed E-state index contributed by atoms with van der Waals surface area (Å²) in [5.74, 6) is 0. The highest BCUT2D eigenvalue weighted by Crippen LogP contribution is 2.31. The third-order valence-corrected chi connectivity index (χ3v) is 3.88. The fraction of sp³-hybridized carbons (Fsp3) is 0.200. The highest BCUT2D eigenvalue weighted by Gasteiger charge is 2.09. The zero-order chi connectivity index (χ0) is 12.2. The van der Waals surface area contributed by atoms with Gasteiger partial charge < -0.3 is 4.57 Å². The van der Waals surface area contributed by atoms with E-state index in [-0.39, 0.29) is 0 Å². The molecule has 2 heteroatoms. The molecule has 17 heavy (non-hydrogen) atoms. The zero-order valence-electron chi connectivity index (χ0n) is 10.3. The monoisotopic (exact) mass is 241 g/mol. The summed E-state index contributed by atoms with van der Waals surface area (Å²) in [5.41, 5.74) is 5.24. The second kappa shape index (κ2) is 3.54. The van der Waals surface area contributed by atoms with E-state index in [1.165, 1.54) is 32.9 Å². The maximum atomic E-state index is 4.43. The molecule has 0 saturated carbocycles. The molecule has 0 fully saturated rings. The van der Waals surface area contributed by atoms with E-state index in [1.807, 2.05) is 6.07 Å². The third-order valence-electron chi connectivity index (χ3n) is 3.61. The van der Waals surface area contributed by atoms with Crippen molar-refractivity contribution in [1.29, 1.82) is 0 Å². The molecule has 0 aliphatic carbocycles. The number of rotatable bonds is 0. The van der Waals surface area contributed by atoms with Gasteiger partial charge in [-0.25, -0.2) is 0 Å². The molecule has 3 rings (SSSR count). The molecule has 86 valence electrons. The number of aromatic nitrogens is 1. The van der Waals surface area contributed by atoms with E-state index in [0.717, 1.165) is 4.90 Å². The van der Waals surface area contributed by atoms with Gasteiger partial charge in [-0.3, -0.25) is 0 Å². The van der Waals surface area contributed by atoms with Gasteiger partial charge in [0, 0.05) is 33.7 Å². The Labute approximate surface area is 106 Å². The van der Waals surface area contributed by atoms with Crippen LogP contribution in [-0.4, -0.2) is 4.57 Å². The summed E-state index contributed by atoms with van der Waals surface area (Å²) in [7, 11) is 2.12. The summed E-state index contributed by atoms with van der Waals surface area (Å²) in [5, 5.41) is 2.61. The highest BCUT2D eigenvalue weighted by molar-refractivity contribution is 7.80. The molecule has 1 aromatic heterocycles. The van der Waals surface area contributed by atoms with Crippen LogP contribution in [0.5, 0.6) is 0 Å². The summed E-state index contributed by atoms with van der Waals surface area (Å²) in [4.78, 5) is 1.02. The minimum Gasteiger partial charge on any atom is -0.344 e. The zero-order valence-corrected chi connectivity index (χ0v) is 11.2. The molecule has 1 heterocycles. The Morgan fingerprint density at radius 1 is 0.882 bits per heavy atom. The van der Waals surface area contributed by atoms with Crippen molar-refractivity contribution < 1.29 is 0 Å². The number of hydrogen-bond donors (Lipinski definition) is 1. The quantitative estimate of drug-likeness (QED) is 0.562. The largest absolute Gasteiger partial charge is 0.344 e. The summed E-state index contributed by atoms with van der Waals surface area (Å²) in [6, 6.07) is 10.9. The number of thiol groups is 1. The van der Waals surface area contributed by atoms with E-state index in [9.17, 15) is 0 Å². The molecule has 0 N–H and O–H groups in total. The van der Waals surface area contributed by atoms with Crippen molar-refractivity contribution in [2.24, 2.45) is 7.05 Å². The first kappa shape index (κ1) is 10.7. The van der Waals surface area contributed by atoms with Gasteiger partial charge in [0.25, 0.3) is 0 Å². The number of fused-ring (bicyclic) bond motifs is 3. The number of aryl methyl sites for hydroxylation is 3. The molecule has 0 aliphatic rings. The lowest BCUT2D eigenvalue weighted by Gasteiger charge is -2.02. The Bertz CT molecular complexity index is 738. The molecule has 0 spiro atoms. The average Bonchev–Trinajstić information content (AvgIpc) is 2.54. The van der Waals surface area contributed by atoms with Crippen LogP contribution in [0.2, 0.25) is 0 Å². The lowest BCUT2D eigenvalue weighted by atomic mass is 10.1. The minimum atomic E-state index is 1.02. The summed E-state index contributed by atoms with van der Waals surface area (Å²) >= 11 is 4.43. The molecule has 3 aromatic rings. The van der Waals surface area contributed by atoms with Crippen molar-refractivity contribution in [3.8, 4) is 0 Å². The highest BCUT2D eigenvalue weighted by atomic mass is 32.1. The van der Waals surface area contributed by atoms with Crippen LogP contribution in [0.3, 0.4) is 0 Å². The van der Waals surface area contributed by atoms with E-state index >= 15 is 0 Å². The van der Waals surface area contributed by atoms with Crippen LogP contribution in [0.15, 0.2) is 35.2 Å². The normalized spacial score (nSPS) is 11.5. The van der Waals surface area contributed by atoms with Gasteiger partial charge in [0.15, 0.2) is 0 Å². The lowest BCUT2D eigenvalue weighted by Crippen LogP contribution is -1.87. The summed E-state index contributed by atoms with van der Waals surface area (Å²) in [6.45, 7) is 4.33. The molecular weight excluding hydrogens is 226 g/mol. The molecule has 0 amide bonds.